The fourth-order valence-corrected chi connectivity index (χ4v) is 2.38. The van der Waals surface area contributed by atoms with Gasteiger partial charge in [-0.1, -0.05) is 0 Å². The van der Waals surface area contributed by atoms with Crippen LogP contribution in [0, 0.1) is 6.92 Å². The summed E-state index contributed by atoms with van der Waals surface area (Å²) in [5, 5.41) is 6.14. The van der Waals surface area contributed by atoms with E-state index in [1.807, 2.05) is 6.92 Å². The molecule has 90 valence electrons. The highest BCUT2D eigenvalue weighted by molar-refractivity contribution is 7.12. The second-order valence-corrected chi connectivity index (χ2v) is 5.15. The lowest BCUT2D eigenvalue weighted by Crippen LogP contribution is -2.28. The first kappa shape index (κ1) is 13.2. The molecule has 0 saturated heterocycles. The Morgan fingerprint density at radius 2 is 2.25 bits per heavy atom. The monoisotopic (exact) mass is 240 g/mol. The smallest absolute Gasteiger partial charge is 0.221 e. The molecular weight excluding hydrogens is 220 g/mol. The summed E-state index contributed by atoms with van der Waals surface area (Å²) in [4.78, 5) is 13.9. The SMILES string of the molecule is CCNC(=O)CCNC(C)c1ccc(C)s1. The van der Waals surface area contributed by atoms with Gasteiger partial charge in [-0.05, 0) is 32.9 Å². The topological polar surface area (TPSA) is 41.1 Å². The third kappa shape index (κ3) is 4.33. The van der Waals surface area contributed by atoms with E-state index in [2.05, 4.69) is 36.6 Å². The molecule has 0 aliphatic carbocycles. The van der Waals surface area contributed by atoms with Crippen molar-refractivity contribution in [2.75, 3.05) is 13.1 Å². The summed E-state index contributed by atoms with van der Waals surface area (Å²) in [7, 11) is 0. The number of thiophene rings is 1. The molecule has 1 aromatic rings. The van der Waals surface area contributed by atoms with Crippen LogP contribution in [0.15, 0.2) is 12.1 Å². The van der Waals surface area contributed by atoms with E-state index in [0.717, 1.165) is 6.54 Å². The minimum atomic E-state index is 0.115. The highest BCUT2D eigenvalue weighted by atomic mass is 32.1. The molecule has 0 bridgehead atoms. The normalized spacial score (nSPS) is 12.4. The van der Waals surface area contributed by atoms with Gasteiger partial charge in [0.1, 0.15) is 0 Å². The molecule has 0 aromatic carbocycles. The lowest BCUT2D eigenvalue weighted by atomic mass is 10.2. The van der Waals surface area contributed by atoms with Crippen molar-refractivity contribution in [2.45, 2.75) is 33.2 Å². The average molecular weight is 240 g/mol. The Balaban J connectivity index is 2.25. The van der Waals surface area contributed by atoms with Crippen LogP contribution in [0.4, 0.5) is 0 Å². The number of nitrogens with one attached hydrogen (secondary N) is 2. The van der Waals surface area contributed by atoms with Gasteiger partial charge in [0.05, 0.1) is 0 Å². The quantitative estimate of drug-likeness (QED) is 0.800. The summed E-state index contributed by atoms with van der Waals surface area (Å²) in [6.45, 7) is 7.60. The van der Waals surface area contributed by atoms with Crippen molar-refractivity contribution in [2.24, 2.45) is 0 Å². The Morgan fingerprint density at radius 1 is 1.50 bits per heavy atom. The number of hydrogen-bond donors (Lipinski definition) is 2. The minimum Gasteiger partial charge on any atom is -0.356 e. The van der Waals surface area contributed by atoms with Crippen molar-refractivity contribution in [3.8, 4) is 0 Å². The summed E-state index contributed by atoms with van der Waals surface area (Å²) >= 11 is 1.80. The van der Waals surface area contributed by atoms with E-state index < -0.39 is 0 Å². The number of aryl methyl sites for hydroxylation is 1. The number of hydrogen-bond acceptors (Lipinski definition) is 3. The van der Waals surface area contributed by atoms with Crippen molar-refractivity contribution < 1.29 is 4.79 Å². The van der Waals surface area contributed by atoms with Gasteiger partial charge in [0, 0.05) is 35.3 Å². The highest BCUT2D eigenvalue weighted by Gasteiger charge is 2.07. The summed E-state index contributed by atoms with van der Waals surface area (Å²) in [5.74, 6) is 0.115. The standard InChI is InChI=1S/C12H20N2OS/c1-4-13-12(15)7-8-14-10(3)11-6-5-9(2)16-11/h5-6,10,14H,4,7-8H2,1-3H3,(H,13,15). The predicted molar refractivity (Wildman–Crippen MR) is 68.8 cm³/mol. The molecule has 1 heterocycles. The summed E-state index contributed by atoms with van der Waals surface area (Å²) in [6.07, 6.45) is 0.544. The lowest BCUT2D eigenvalue weighted by Gasteiger charge is -2.11. The molecule has 1 unspecified atom stereocenters. The summed E-state index contributed by atoms with van der Waals surface area (Å²) < 4.78 is 0. The fraction of sp³-hybridized carbons (Fsp3) is 0.583. The third-order valence-electron chi connectivity index (χ3n) is 2.36. The molecule has 0 aliphatic rings. The van der Waals surface area contributed by atoms with Gasteiger partial charge in [-0.25, -0.2) is 0 Å². The van der Waals surface area contributed by atoms with E-state index >= 15 is 0 Å². The van der Waals surface area contributed by atoms with Gasteiger partial charge in [-0.3, -0.25) is 4.79 Å². The van der Waals surface area contributed by atoms with Crippen LogP contribution in [0.25, 0.3) is 0 Å². The molecule has 16 heavy (non-hydrogen) atoms. The molecule has 4 heteroatoms. The molecule has 1 atom stereocenters. The Kier molecular flexibility index (Phi) is 5.49. The first-order valence-corrected chi connectivity index (χ1v) is 6.51. The van der Waals surface area contributed by atoms with E-state index in [9.17, 15) is 4.79 Å². The molecule has 0 fully saturated rings. The minimum absolute atomic E-state index is 0.115. The lowest BCUT2D eigenvalue weighted by molar-refractivity contribution is -0.120. The zero-order valence-corrected chi connectivity index (χ0v) is 11.0. The molecule has 0 radical (unpaired) electrons. The number of amides is 1. The third-order valence-corrected chi connectivity index (χ3v) is 3.55. The second-order valence-electron chi connectivity index (χ2n) is 3.83. The molecule has 1 aromatic heterocycles. The predicted octanol–water partition coefficient (Wildman–Crippen LogP) is 2.23. The average Bonchev–Trinajstić information content (AvgIpc) is 2.65. The fourth-order valence-electron chi connectivity index (χ4n) is 1.47. The number of carbonyl (C=O) groups excluding carboxylic acids is 1. The van der Waals surface area contributed by atoms with E-state index in [1.54, 1.807) is 11.3 Å². The summed E-state index contributed by atoms with van der Waals surface area (Å²) in [5.41, 5.74) is 0. The van der Waals surface area contributed by atoms with Crippen molar-refractivity contribution >= 4 is 17.2 Å². The molecule has 1 rings (SSSR count). The maximum Gasteiger partial charge on any atom is 0.221 e. The number of carbonyl (C=O) groups is 1. The molecule has 0 aliphatic heterocycles. The van der Waals surface area contributed by atoms with Crippen LogP contribution in [0.2, 0.25) is 0 Å². The molecular formula is C12H20N2OS. The van der Waals surface area contributed by atoms with Crippen LogP contribution in [0.1, 0.15) is 36.1 Å². The second kappa shape index (κ2) is 6.66. The van der Waals surface area contributed by atoms with Gasteiger partial charge in [0.15, 0.2) is 0 Å². The van der Waals surface area contributed by atoms with E-state index in [4.69, 9.17) is 0 Å². The molecule has 0 spiro atoms. The van der Waals surface area contributed by atoms with Crippen LogP contribution in [0.5, 0.6) is 0 Å². The van der Waals surface area contributed by atoms with Gasteiger partial charge in [0.2, 0.25) is 5.91 Å². The molecule has 3 nitrogen and oxygen atoms in total. The van der Waals surface area contributed by atoms with E-state index in [1.165, 1.54) is 9.75 Å². The molecule has 1 amide bonds. The Hall–Kier alpha value is -0.870. The largest absolute Gasteiger partial charge is 0.356 e. The van der Waals surface area contributed by atoms with Gasteiger partial charge >= 0.3 is 0 Å². The highest BCUT2D eigenvalue weighted by Crippen LogP contribution is 2.21. The maximum atomic E-state index is 11.2. The molecule has 2 N–H and O–H groups in total. The van der Waals surface area contributed by atoms with Gasteiger partial charge in [-0.2, -0.15) is 0 Å². The van der Waals surface area contributed by atoms with Crippen molar-refractivity contribution in [3.05, 3.63) is 21.9 Å². The van der Waals surface area contributed by atoms with E-state index in [0.29, 0.717) is 19.0 Å². The van der Waals surface area contributed by atoms with Crippen LogP contribution >= 0.6 is 11.3 Å². The van der Waals surface area contributed by atoms with Gasteiger partial charge in [0.25, 0.3) is 0 Å². The van der Waals surface area contributed by atoms with Crippen molar-refractivity contribution in [1.82, 2.24) is 10.6 Å². The van der Waals surface area contributed by atoms with Gasteiger partial charge in [-0.15, -0.1) is 11.3 Å². The van der Waals surface area contributed by atoms with Crippen LogP contribution in [-0.4, -0.2) is 19.0 Å². The van der Waals surface area contributed by atoms with Crippen molar-refractivity contribution in [3.63, 3.8) is 0 Å². The Morgan fingerprint density at radius 3 is 2.81 bits per heavy atom. The van der Waals surface area contributed by atoms with Crippen LogP contribution < -0.4 is 10.6 Å². The zero-order chi connectivity index (χ0) is 12.0. The Bertz CT molecular complexity index is 336. The van der Waals surface area contributed by atoms with Crippen LogP contribution in [-0.2, 0) is 4.79 Å². The first-order valence-electron chi connectivity index (χ1n) is 5.70. The van der Waals surface area contributed by atoms with Gasteiger partial charge < -0.3 is 10.6 Å². The first-order chi connectivity index (χ1) is 7.63. The molecule has 0 saturated carbocycles. The summed E-state index contributed by atoms with van der Waals surface area (Å²) in [6, 6.07) is 4.60. The number of rotatable bonds is 6. The maximum absolute atomic E-state index is 11.2. The van der Waals surface area contributed by atoms with E-state index in [-0.39, 0.29) is 5.91 Å². The zero-order valence-electron chi connectivity index (χ0n) is 10.2. The van der Waals surface area contributed by atoms with Crippen molar-refractivity contribution in [1.29, 1.82) is 0 Å². The Labute approximate surface area is 101 Å². The van der Waals surface area contributed by atoms with Crippen LogP contribution in [0.3, 0.4) is 0 Å².